The van der Waals surface area contributed by atoms with Crippen LogP contribution in [0.25, 0.3) is 5.69 Å². The smallest absolute Gasteiger partial charge is 0.143 e. The van der Waals surface area contributed by atoms with E-state index in [4.69, 9.17) is 11.6 Å². The van der Waals surface area contributed by atoms with Gasteiger partial charge >= 0.3 is 0 Å². The largest absolute Gasteiger partial charge is 0.200 e. The van der Waals surface area contributed by atoms with E-state index in [1.165, 1.54) is 11.0 Å². The molecule has 0 aliphatic rings. The van der Waals surface area contributed by atoms with E-state index in [-0.39, 0.29) is 0 Å². The van der Waals surface area contributed by atoms with E-state index in [0.29, 0.717) is 5.02 Å². The zero-order valence-corrected chi connectivity index (χ0v) is 8.70. The second kappa shape index (κ2) is 3.43. The van der Waals surface area contributed by atoms with Crippen molar-refractivity contribution in [3.63, 3.8) is 0 Å². The van der Waals surface area contributed by atoms with E-state index in [9.17, 15) is 0 Å². The van der Waals surface area contributed by atoms with Gasteiger partial charge in [0.15, 0.2) is 0 Å². The highest BCUT2D eigenvalue weighted by atomic mass is 79.9. The van der Waals surface area contributed by atoms with E-state index >= 15 is 0 Å². The maximum atomic E-state index is 5.86. The zero-order chi connectivity index (χ0) is 9.26. The molecule has 6 heteroatoms. The minimum Gasteiger partial charge on any atom is -0.200 e. The Balaban J connectivity index is 2.53. The first-order valence-corrected chi connectivity index (χ1v) is 4.62. The van der Waals surface area contributed by atoms with Crippen molar-refractivity contribution >= 4 is 27.5 Å². The van der Waals surface area contributed by atoms with Gasteiger partial charge in [0.2, 0.25) is 0 Å². The zero-order valence-electron chi connectivity index (χ0n) is 6.35. The minimum absolute atomic E-state index is 0.639. The Morgan fingerprint density at radius 3 is 2.77 bits per heavy atom. The van der Waals surface area contributed by atoms with Gasteiger partial charge in [0.1, 0.15) is 6.33 Å². The van der Waals surface area contributed by atoms with Crippen LogP contribution in [0.3, 0.4) is 0 Å². The highest BCUT2D eigenvalue weighted by Crippen LogP contribution is 2.21. The number of aromatic nitrogens is 4. The summed E-state index contributed by atoms with van der Waals surface area (Å²) in [6.45, 7) is 0. The van der Waals surface area contributed by atoms with Gasteiger partial charge in [-0.05, 0) is 28.6 Å². The van der Waals surface area contributed by atoms with E-state index in [2.05, 4.69) is 31.5 Å². The second-order valence-electron chi connectivity index (χ2n) is 2.38. The summed E-state index contributed by atoms with van der Waals surface area (Å²) in [5.74, 6) is 0. The van der Waals surface area contributed by atoms with Crippen molar-refractivity contribution in [2.24, 2.45) is 0 Å². The van der Waals surface area contributed by atoms with Gasteiger partial charge in [0.25, 0.3) is 0 Å². The van der Waals surface area contributed by atoms with Crippen LogP contribution in [0.2, 0.25) is 5.02 Å². The summed E-state index contributed by atoms with van der Waals surface area (Å²) in [5, 5.41) is 11.4. The maximum Gasteiger partial charge on any atom is 0.143 e. The van der Waals surface area contributed by atoms with Crippen molar-refractivity contribution in [3.8, 4) is 5.69 Å². The van der Waals surface area contributed by atoms with Crippen LogP contribution < -0.4 is 0 Å². The molecule has 0 bridgehead atoms. The van der Waals surface area contributed by atoms with E-state index < -0.39 is 0 Å². The van der Waals surface area contributed by atoms with Gasteiger partial charge in [-0.2, -0.15) is 0 Å². The third kappa shape index (κ3) is 1.87. The summed E-state index contributed by atoms with van der Waals surface area (Å²) in [5.41, 5.74) is 0.823. The summed E-state index contributed by atoms with van der Waals surface area (Å²) >= 11 is 9.19. The van der Waals surface area contributed by atoms with E-state index in [1.54, 1.807) is 12.1 Å². The van der Waals surface area contributed by atoms with Crippen LogP contribution in [0.1, 0.15) is 0 Å². The number of benzene rings is 1. The van der Waals surface area contributed by atoms with E-state index in [1.807, 2.05) is 6.07 Å². The van der Waals surface area contributed by atoms with Crippen LogP contribution in [0, 0.1) is 0 Å². The molecule has 4 nitrogen and oxygen atoms in total. The van der Waals surface area contributed by atoms with Gasteiger partial charge in [0.05, 0.1) is 5.69 Å². The quantitative estimate of drug-likeness (QED) is 0.787. The molecule has 0 unspecified atom stereocenters. The van der Waals surface area contributed by atoms with Gasteiger partial charge in [-0.1, -0.05) is 27.5 Å². The lowest BCUT2D eigenvalue weighted by molar-refractivity contribution is 0.789. The Morgan fingerprint density at radius 1 is 1.31 bits per heavy atom. The molecule has 0 amide bonds. The average Bonchev–Trinajstić information content (AvgIpc) is 2.53. The van der Waals surface area contributed by atoms with Crippen molar-refractivity contribution in [2.45, 2.75) is 0 Å². The molecular weight excluding hydrogens is 255 g/mol. The molecule has 2 aromatic rings. The SMILES string of the molecule is Clc1cc(Br)cc(-n2cnnn2)c1. The lowest BCUT2D eigenvalue weighted by Gasteiger charge is -2.00. The molecule has 0 atom stereocenters. The fourth-order valence-electron chi connectivity index (χ4n) is 0.951. The summed E-state index contributed by atoms with van der Waals surface area (Å²) in [4.78, 5) is 0. The molecule has 1 aromatic carbocycles. The molecular formula is C7H4BrClN4. The van der Waals surface area contributed by atoms with Gasteiger partial charge in [-0.3, -0.25) is 0 Å². The molecule has 0 aliphatic heterocycles. The molecule has 0 aliphatic carbocycles. The first-order chi connectivity index (χ1) is 6.25. The molecule has 0 fully saturated rings. The molecule has 0 radical (unpaired) electrons. The van der Waals surface area contributed by atoms with Crippen LogP contribution in [0.15, 0.2) is 29.0 Å². The Hall–Kier alpha value is -0.940. The molecule has 2 rings (SSSR count). The third-order valence-electron chi connectivity index (χ3n) is 1.46. The molecule has 0 saturated heterocycles. The monoisotopic (exact) mass is 258 g/mol. The van der Waals surface area contributed by atoms with Crippen molar-refractivity contribution in [2.75, 3.05) is 0 Å². The summed E-state index contributed by atoms with van der Waals surface area (Å²) in [7, 11) is 0. The topological polar surface area (TPSA) is 43.6 Å². The Kier molecular flexibility index (Phi) is 2.28. The molecule has 0 saturated carbocycles. The normalized spacial score (nSPS) is 10.3. The van der Waals surface area contributed by atoms with Gasteiger partial charge in [0, 0.05) is 9.50 Å². The first-order valence-electron chi connectivity index (χ1n) is 3.45. The number of nitrogens with zero attached hydrogens (tertiary/aromatic N) is 4. The van der Waals surface area contributed by atoms with Crippen molar-refractivity contribution < 1.29 is 0 Å². The Morgan fingerprint density at radius 2 is 2.15 bits per heavy atom. The summed E-state index contributed by atoms with van der Waals surface area (Å²) in [6.07, 6.45) is 1.51. The number of tetrazole rings is 1. The van der Waals surface area contributed by atoms with Crippen LogP contribution in [-0.4, -0.2) is 20.2 Å². The lowest BCUT2D eigenvalue weighted by atomic mass is 10.3. The fourth-order valence-corrected chi connectivity index (χ4v) is 1.79. The molecule has 0 N–H and O–H groups in total. The van der Waals surface area contributed by atoms with Crippen LogP contribution in [0.5, 0.6) is 0 Å². The van der Waals surface area contributed by atoms with Crippen molar-refractivity contribution in [1.29, 1.82) is 0 Å². The number of halogens is 2. The molecule has 66 valence electrons. The Bertz CT molecular complexity index is 394. The van der Waals surface area contributed by atoms with E-state index in [0.717, 1.165) is 10.2 Å². The summed E-state index contributed by atoms with van der Waals surface area (Å²) in [6, 6.07) is 5.46. The van der Waals surface area contributed by atoms with Crippen LogP contribution >= 0.6 is 27.5 Å². The average molecular weight is 259 g/mol. The maximum absolute atomic E-state index is 5.86. The van der Waals surface area contributed by atoms with Crippen molar-refractivity contribution in [1.82, 2.24) is 20.2 Å². The molecule has 1 aromatic heterocycles. The first kappa shape index (κ1) is 8.65. The molecule has 13 heavy (non-hydrogen) atoms. The lowest BCUT2D eigenvalue weighted by Crippen LogP contribution is -1.94. The highest BCUT2D eigenvalue weighted by Gasteiger charge is 2.00. The number of rotatable bonds is 1. The minimum atomic E-state index is 0.639. The molecule has 1 heterocycles. The summed E-state index contributed by atoms with van der Waals surface area (Å²) < 4.78 is 2.43. The van der Waals surface area contributed by atoms with Gasteiger partial charge < -0.3 is 0 Å². The predicted molar refractivity (Wildman–Crippen MR) is 51.9 cm³/mol. The second-order valence-corrected chi connectivity index (χ2v) is 3.73. The standard InChI is InChI=1S/C7H4BrClN4/c8-5-1-6(9)3-7(2-5)13-4-10-11-12-13/h1-4H. The Labute approximate surface area is 87.6 Å². The highest BCUT2D eigenvalue weighted by molar-refractivity contribution is 9.10. The third-order valence-corrected chi connectivity index (χ3v) is 2.14. The molecule has 0 spiro atoms. The predicted octanol–water partition coefficient (Wildman–Crippen LogP) is 2.08. The van der Waals surface area contributed by atoms with Crippen LogP contribution in [0.4, 0.5) is 0 Å². The fraction of sp³-hybridized carbons (Fsp3) is 0. The van der Waals surface area contributed by atoms with Crippen LogP contribution in [-0.2, 0) is 0 Å². The number of hydrogen-bond donors (Lipinski definition) is 0. The van der Waals surface area contributed by atoms with Gasteiger partial charge in [-0.15, -0.1) is 5.10 Å². The van der Waals surface area contributed by atoms with Crippen molar-refractivity contribution in [3.05, 3.63) is 34.0 Å². The number of hydrogen-bond acceptors (Lipinski definition) is 3. The van der Waals surface area contributed by atoms with Gasteiger partial charge in [-0.25, -0.2) is 4.68 Å².